The number of nitrogens with one attached hydrogen (secondary N) is 1. The number of hydrogen-bond donors (Lipinski definition) is 1. The summed E-state index contributed by atoms with van der Waals surface area (Å²) in [6.07, 6.45) is -0.154. The van der Waals surface area contributed by atoms with Crippen molar-refractivity contribution in [3.63, 3.8) is 0 Å². The summed E-state index contributed by atoms with van der Waals surface area (Å²) in [5.74, 6) is -0.796. The molecule has 152 valence electrons. The molecular formula is C21H22ClN3O4. The Hall–Kier alpha value is -2.90. The molecule has 29 heavy (non-hydrogen) atoms. The quantitative estimate of drug-likeness (QED) is 0.702. The van der Waals surface area contributed by atoms with E-state index >= 15 is 0 Å². The Morgan fingerprint density at radius 3 is 2.55 bits per heavy atom. The number of anilines is 2. The summed E-state index contributed by atoms with van der Waals surface area (Å²) in [6, 6.07) is 12.4. The second-order valence-electron chi connectivity index (χ2n) is 6.76. The van der Waals surface area contributed by atoms with Crippen molar-refractivity contribution in [2.45, 2.75) is 19.4 Å². The van der Waals surface area contributed by atoms with Gasteiger partial charge in [-0.1, -0.05) is 23.7 Å². The maximum Gasteiger partial charge on any atom is 0.332 e. The maximum atomic E-state index is 13.1. The summed E-state index contributed by atoms with van der Waals surface area (Å²) >= 11 is 5.85. The first-order valence-electron chi connectivity index (χ1n) is 9.16. The van der Waals surface area contributed by atoms with E-state index in [0.717, 1.165) is 10.5 Å². The van der Waals surface area contributed by atoms with Crippen molar-refractivity contribution in [2.75, 3.05) is 30.5 Å². The number of amides is 4. The largest absolute Gasteiger partial charge is 0.383 e. The van der Waals surface area contributed by atoms with Gasteiger partial charge in [0.25, 0.3) is 5.91 Å². The van der Waals surface area contributed by atoms with E-state index < -0.39 is 18.0 Å². The molecular weight excluding hydrogens is 394 g/mol. The van der Waals surface area contributed by atoms with Gasteiger partial charge < -0.3 is 15.0 Å². The van der Waals surface area contributed by atoms with Crippen molar-refractivity contribution in [2.24, 2.45) is 0 Å². The number of rotatable bonds is 7. The van der Waals surface area contributed by atoms with Gasteiger partial charge >= 0.3 is 6.03 Å². The second kappa shape index (κ2) is 9.07. The van der Waals surface area contributed by atoms with Crippen LogP contribution in [0.2, 0.25) is 5.02 Å². The molecule has 1 heterocycles. The van der Waals surface area contributed by atoms with Gasteiger partial charge in [0.1, 0.15) is 6.04 Å². The molecule has 0 bridgehead atoms. The minimum atomic E-state index is -0.898. The highest BCUT2D eigenvalue weighted by Crippen LogP contribution is 2.27. The third-order valence-corrected chi connectivity index (χ3v) is 4.87. The van der Waals surface area contributed by atoms with Crippen LogP contribution in [-0.4, -0.2) is 49.0 Å². The van der Waals surface area contributed by atoms with E-state index in [4.69, 9.17) is 16.3 Å². The minimum absolute atomic E-state index is 0.154. The standard InChI is InChI=1S/C21H22ClN3O4/c1-14-4-3-5-17(12-14)25-20(27)18(24(21(25)28)10-11-29-2)13-19(26)23-16-8-6-15(22)7-9-16/h3-9,12,18H,10-11,13H2,1-2H3,(H,23,26)/t18-/m1/s1. The number of aryl methyl sites for hydroxylation is 1. The fourth-order valence-corrected chi connectivity index (χ4v) is 3.33. The lowest BCUT2D eigenvalue weighted by molar-refractivity contribution is -0.124. The van der Waals surface area contributed by atoms with Crippen LogP contribution >= 0.6 is 11.6 Å². The SMILES string of the molecule is COCCN1C(=O)N(c2cccc(C)c2)C(=O)[C@H]1CC(=O)Nc1ccc(Cl)cc1. The highest BCUT2D eigenvalue weighted by Gasteiger charge is 2.46. The fraction of sp³-hybridized carbons (Fsp3) is 0.286. The van der Waals surface area contributed by atoms with Crippen LogP contribution in [0, 0.1) is 6.92 Å². The molecule has 4 amide bonds. The molecule has 2 aromatic carbocycles. The molecule has 1 fully saturated rings. The number of urea groups is 1. The molecule has 0 radical (unpaired) electrons. The second-order valence-corrected chi connectivity index (χ2v) is 7.19. The summed E-state index contributed by atoms with van der Waals surface area (Å²) in [4.78, 5) is 41.1. The van der Waals surface area contributed by atoms with Crippen LogP contribution in [0.5, 0.6) is 0 Å². The Kier molecular flexibility index (Phi) is 6.51. The van der Waals surface area contributed by atoms with Crippen LogP contribution in [0.25, 0.3) is 0 Å². The molecule has 1 N–H and O–H groups in total. The molecule has 1 aliphatic rings. The van der Waals surface area contributed by atoms with Crippen LogP contribution in [-0.2, 0) is 14.3 Å². The summed E-state index contributed by atoms with van der Waals surface area (Å²) in [6.45, 7) is 2.35. The first-order valence-corrected chi connectivity index (χ1v) is 9.54. The van der Waals surface area contributed by atoms with E-state index in [1.807, 2.05) is 13.0 Å². The molecule has 0 unspecified atom stereocenters. The topological polar surface area (TPSA) is 79.0 Å². The average Bonchev–Trinajstić information content (AvgIpc) is 2.91. The normalized spacial score (nSPS) is 16.4. The third kappa shape index (κ3) is 4.75. The molecule has 1 saturated heterocycles. The molecule has 7 nitrogen and oxygen atoms in total. The summed E-state index contributed by atoms with van der Waals surface area (Å²) in [5, 5.41) is 3.29. The highest BCUT2D eigenvalue weighted by atomic mass is 35.5. The van der Waals surface area contributed by atoms with E-state index in [-0.39, 0.29) is 25.5 Å². The molecule has 0 spiro atoms. The molecule has 3 rings (SSSR count). The zero-order valence-electron chi connectivity index (χ0n) is 16.2. The van der Waals surface area contributed by atoms with Gasteiger partial charge in [-0.05, 0) is 48.9 Å². The Morgan fingerprint density at radius 2 is 1.90 bits per heavy atom. The number of imide groups is 1. The molecule has 0 saturated carbocycles. The molecule has 1 aliphatic heterocycles. The first kappa shape index (κ1) is 20.8. The van der Waals surface area contributed by atoms with E-state index in [0.29, 0.717) is 16.4 Å². The van der Waals surface area contributed by atoms with E-state index in [9.17, 15) is 14.4 Å². The predicted molar refractivity (Wildman–Crippen MR) is 111 cm³/mol. The van der Waals surface area contributed by atoms with Crippen molar-refractivity contribution in [3.8, 4) is 0 Å². The number of nitrogens with zero attached hydrogens (tertiary/aromatic N) is 2. The Labute approximate surface area is 174 Å². The smallest absolute Gasteiger partial charge is 0.332 e. The van der Waals surface area contributed by atoms with E-state index in [2.05, 4.69) is 5.32 Å². The number of halogens is 1. The average molecular weight is 416 g/mol. The van der Waals surface area contributed by atoms with Crippen LogP contribution in [0.15, 0.2) is 48.5 Å². The third-order valence-electron chi connectivity index (χ3n) is 4.62. The zero-order valence-corrected chi connectivity index (χ0v) is 17.0. The van der Waals surface area contributed by atoms with Gasteiger partial charge in [-0.25, -0.2) is 9.69 Å². The summed E-state index contributed by atoms with van der Waals surface area (Å²) in [7, 11) is 1.52. The van der Waals surface area contributed by atoms with Crippen molar-refractivity contribution in [1.82, 2.24) is 4.90 Å². The number of ether oxygens (including phenoxy) is 1. The van der Waals surface area contributed by atoms with Crippen molar-refractivity contribution in [1.29, 1.82) is 0 Å². The van der Waals surface area contributed by atoms with Gasteiger partial charge in [0.15, 0.2) is 0 Å². The number of carbonyl (C=O) groups is 3. The zero-order chi connectivity index (χ0) is 21.0. The first-order chi connectivity index (χ1) is 13.9. The van der Waals surface area contributed by atoms with Crippen LogP contribution < -0.4 is 10.2 Å². The van der Waals surface area contributed by atoms with Gasteiger partial charge in [-0.3, -0.25) is 9.59 Å². The monoisotopic (exact) mass is 415 g/mol. The van der Waals surface area contributed by atoms with Crippen LogP contribution in [0.1, 0.15) is 12.0 Å². The van der Waals surface area contributed by atoms with Gasteiger partial charge in [-0.2, -0.15) is 0 Å². The minimum Gasteiger partial charge on any atom is -0.383 e. The predicted octanol–water partition coefficient (Wildman–Crippen LogP) is 3.46. The summed E-state index contributed by atoms with van der Waals surface area (Å²) in [5.41, 5.74) is 1.98. The van der Waals surface area contributed by atoms with Crippen molar-refractivity contribution in [3.05, 3.63) is 59.1 Å². The summed E-state index contributed by atoms with van der Waals surface area (Å²) < 4.78 is 5.07. The fourth-order valence-electron chi connectivity index (χ4n) is 3.20. The van der Waals surface area contributed by atoms with Gasteiger partial charge in [0.2, 0.25) is 5.91 Å². The lowest BCUT2D eigenvalue weighted by atomic mass is 10.1. The number of hydrogen-bond acceptors (Lipinski definition) is 4. The van der Waals surface area contributed by atoms with Gasteiger partial charge in [-0.15, -0.1) is 0 Å². The number of carbonyl (C=O) groups excluding carboxylic acids is 3. The van der Waals surface area contributed by atoms with Gasteiger partial charge in [0, 0.05) is 24.4 Å². The molecule has 0 aliphatic carbocycles. The van der Waals surface area contributed by atoms with Crippen molar-refractivity contribution >= 4 is 40.8 Å². The highest BCUT2D eigenvalue weighted by molar-refractivity contribution is 6.30. The van der Waals surface area contributed by atoms with E-state index in [1.165, 1.54) is 12.0 Å². The Bertz CT molecular complexity index is 916. The molecule has 2 aromatic rings. The Balaban J connectivity index is 1.80. The lowest BCUT2D eigenvalue weighted by Gasteiger charge is -2.21. The molecule has 0 aromatic heterocycles. The lowest BCUT2D eigenvalue weighted by Crippen LogP contribution is -2.39. The van der Waals surface area contributed by atoms with Crippen LogP contribution in [0.3, 0.4) is 0 Å². The molecule has 1 atom stereocenters. The maximum absolute atomic E-state index is 13.1. The van der Waals surface area contributed by atoms with Crippen molar-refractivity contribution < 1.29 is 19.1 Å². The van der Waals surface area contributed by atoms with E-state index in [1.54, 1.807) is 42.5 Å². The Morgan fingerprint density at radius 1 is 1.17 bits per heavy atom. The van der Waals surface area contributed by atoms with Gasteiger partial charge in [0.05, 0.1) is 18.7 Å². The number of benzene rings is 2. The number of methoxy groups -OCH3 is 1. The van der Waals surface area contributed by atoms with Crippen LogP contribution in [0.4, 0.5) is 16.2 Å². The molecule has 8 heteroatoms.